The number of aliphatic hydroxyl groups excluding tert-OH is 1. The first-order valence-electron chi connectivity index (χ1n) is 7.76. The van der Waals surface area contributed by atoms with Gasteiger partial charge in [0, 0.05) is 30.8 Å². The summed E-state index contributed by atoms with van der Waals surface area (Å²) in [6.07, 6.45) is 0.932. The second-order valence-corrected chi connectivity index (χ2v) is 6.70. The van der Waals surface area contributed by atoms with Crippen molar-refractivity contribution in [3.63, 3.8) is 0 Å². The molecular formula is C17H28N2O3. The first-order chi connectivity index (χ1) is 10.2. The minimum absolute atomic E-state index is 0.0308. The van der Waals surface area contributed by atoms with E-state index in [9.17, 15) is 4.79 Å². The summed E-state index contributed by atoms with van der Waals surface area (Å²) in [6, 6.07) is 5.56. The summed E-state index contributed by atoms with van der Waals surface area (Å²) in [6.45, 7) is 9.78. The average Bonchev–Trinajstić information content (AvgIpc) is 2.42. The Morgan fingerprint density at radius 1 is 1.36 bits per heavy atom. The van der Waals surface area contributed by atoms with Gasteiger partial charge < -0.3 is 15.2 Å². The Balaban J connectivity index is 2.51. The molecule has 22 heavy (non-hydrogen) atoms. The standard InChI is InChI=1S/C17H28N2O3/c1-12(11-20)13(2)18-15(21)10-9-14-7-6-8-16(19-14)22-17(3,4)5/h6-8,12-13,20H,9-11H2,1-5H3,(H,18,21). The van der Waals surface area contributed by atoms with Crippen molar-refractivity contribution in [1.29, 1.82) is 0 Å². The molecule has 2 atom stereocenters. The molecule has 1 amide bonds. The molecule has 0 radical (unpaired) electrons. The maximum absolute atomic E-state index is 11.9. The van der Waals surface area contributed by atoms with E-state index in [1.165, 1.54) is 0 Å². The Morgan fingerprint density at radius 3 is 2.64 bits per heavy atom. The topological polar surface area (TPSA) is 71.5 Å². The molecule has 124 valence electrons. The fourth-order valence-electron chi connectivity index (χ4n) is 1.84. The van der Waals surface area contributed by atoms with Crippen molar-refractivity contribution in [2.75, 3.05) is 6.61 Å². The number of rotatable bonds is 7. The Morgan fingerprint density at radius 2 is 2.05 bits per heavy atom. The van der Waals surface area contributed by atoms with Gasteiger partial charge in [-0.05, 0) is 46.1 Å². The van der Waals surface area contributed by atoms with Crippen LogP contribution in [0.2, 0.25) is 0 Å². The molecule has 0 aromatic carbocycles. The number of aryl methyl sites for hydroxylation is 1. The Labute approximate surface area is 133 Å². The van der Waals surface area contributed by atoms with Crippen molar-refractivity contribution in [3.05, 3.63) is 23.9 Å². The van der Waals surface area contributed by atoms with E-state index in [1.807, 2.05) is 52.8 Å². The Kier molecular flexibility index (Phi) is 6.81. The van der Waals surface area contributed by atoms with Crippen LogP contribution < -0.4 is 10.1 Å². The van der Waals surface area contributed by atoms with Gasteiger partial charge in [0.2, 0.25) is 11.8 Å². The molecule has 0 saturated heterocycles. The third-order valence-electron chi connectivity index (χ3n) is 3.33. The lowest BCUT2D eigenvalue weighted by Gasteiger charge is -2.20. The maximum Gasteiger partial charge on any atom is 0.220 e. The van der Waals surface area contributed by atoms with Crippen molar-refractivity contribution in [2.45, 2.75) is 59.1 Å². The van der Waals surface area contributed by atoms with Crippen molar-refractivity contribution in [3.8, 4) is 5.88 Å². The smallest absolute Gasteiger partial charge is 0.220 e. The zero-order valence-corrected chi connectivity index (χ0v) is 14.2. The van der Waals surface area contributed by atoms with Gasteiger partial charge in [-0.15, -0.1) is 0 Å². The van der Waals surface area contributed by atoms with Gasteiger partial charge in [0.15, 0.2) is 0 Å². The number of ether oxygens (including phenoxy) is 1. The lowest BCUT2D eigenvalue weighted by molar-refractivity contribution is -0.122. The molecule has 2 unspecified atom stereocenters. The quantitative estimate of drug-likeness (QED) is 0.811. The van der Waals surface area contributed by atoms with Crippen LogP contribution in [0.5, 0.6) is 5.88 Å². The molecule has 0 aliphatic rings. The molecule has 0 spiro atoms. The summed E-state index contributed by atoms with van der Waals surface area (Å²) in [5.41, 5.74) is 0.540. The second kappa shape index (κ2) is 8.13. The molecule has 0 saturated carbocycles. The first-order valence-corrected chi connectivity index (χ1v) is 7.76. The molecule has 0 fully saturated rings. The fraction of sp³-hybridized carbons (Fsp3) is 0.647. The highest BCUT2D eigenvalue weighted by Crippen LogP contribution is 2.16. The van der Waals surface area contributed by atoms with Crippen LogP contribution in [0, 0.1) is 5.92 Å². The van der Waals surface area contributed by atoms with Crippen molar-refractivity contribution >= 4 is 5.91 Å². The molecule has 5 nitrogen and oxygen atoms in total. The van der Waals surface area contributed by atoms with Gasteiger partial charge in [-0.2, -0.15) is 0 Å². The summed E-state index contributed by atoms with van der Waals surface area (Å²) in [7, 11) is 0. The molecule has 1 rings (SSSR count). The van der Waals surface area contributed by atoms with Crippen LogP contribution in [0.25, 0.3) is 0 Å². The van der Waals surface area contributed by atoms with Crippen LogP contribution in [-0.4, -0.2) is 34.2 Å². The third-order valence-corrected chi connectivity index (χ3v) is 3.33. The van der Waals surface area contributed by atoms with E-state index >= 15 is 0 Å². The van der Waals surface area contributed by atoms with Crippen LogP contribution in [-0.2, 0) is 11.2 Å². The molecule has 1 aromatic heterocycles. The first kappa shape index (κ1) is 18.4. The predicted octanol–water partition coefficient (Wildman–Crippen LogP) is 2.32. The summed E-state index contributed by atoms with van der Waals surface area (Å²) in [5, 5.41) is 12.0. The average molecular weight is 308 g/mol. The molecular weight excluding hydrogens is 280 g/mol. The number of aromatic nitrogens is 1. The lowest BCUT2D eigenvalue weighted by atomic mass is 10.0. The van der Waals surface area contributed by atoms with Crippen LogP contribution in [0.15, 0.2) is 18.2 Å². The van der Waals surface area contributed by atoms with E-state index in [1.54, 1.807) is 0 Å². The van der Waals surface area contributed by atoms with Gasteiger partial charge in [0.1, 0.15) is 5.60 Å². The summed E-state index contributed by atoms with van der Waals surface area (Å²) < 4.78 is 5.72. The largest absolute Gasteiger partial charge is 0.472 e. The fourth-order valence-corrected chi connectivity index (χ4v) is 1.84. The van der Waals surface area contributed by atoms with Gasteiger partial charge in [0.25, 0.3) is 0 Å². The zero-order valence-electron chi connectivity index (χ0n) is 14.2. The Hall–Kier alpha value is -1.62. The minimum atomic E-state index is -0.293. The van der Waals surface area contributed by atoms with Crippen LogP contribution in [0.4, 0.5) is 0 Å². The normalized spacial score (nSPS) is 14.3. The minimum Gasteiger partial charge on any atom is -0.472 e. The van der Waals surface area contributed by atoms with E-state index < -0.39 is 0 Å². The number of carbonyl (C=O) groups excluding carboxylic acids is 1. The number of amides is 1. The van der Waals surface area contributed by atoms with Crippen molar-refractivity contribution in [2.24, 2.45) is 5.92 Å². The molecule has 1 heterocycles. The number of hydrogen-bond donors (Lipinski definition) is 2. The number of nitrogens with one attached hydrogen (secondary N) is 1. The highest BCUT2D eigenvalue weighted by atomic mass is 16.5. The van der Waals surface area contributed by atoms with Crippen molar-refractivity contribution in [1.82, 2.24) is 10.3 Å². The predicted molar refractivity (Wildman–Crippen MR) is 86.8 cm³/mol. The van der Waals surface area contributed by atoms with Gasteiger partial charge in [0.05, 0.1) is 0 Å². The lowest BCUT2D eigenvalue weighted by Crippen LogP contribution is -2.38. The highest BCUT2D eigenvalue weighted by molar-refractivity contribution is 5.76. The maximum atomic E-state index is 11.9. The highest BCUT2D eigenvalue weighted by Gasteiger charge is 2.15. The SMILES string of the molecule is CC(CO)C(C)NC(=O)CCc1cccc(OC(C)(C)C)n1. The van der Waals surface area contributed by atoms with E-state index in [0.29, 0.717) is 18.7 Å². The van der Waals surface area contributed by atoms with Gasteiger partial charge in [-0.25, -0.2) is 4.98 Å². The third kappa shape index (κ3) is 6.89. The zero-order chi connectivity index (χ0) is 16.8. The molecule has 0 bridgehead atoms. The van der Waals surface area contributed by atoms with Crippen LogP contribution >= 0.6 is 0 Å². The molecule has 1 aromatic rings. The molecule has 2 N–H and O–H groups in total. The summed E-state index contributed by atoms with van der Waals surface area (Å²) >= 11 is 0. The number of nitrogens with zero attached hydrogens (tertiary/aromatic N) is 1. The van der Waals surface area contributed by atoms with Crippen LogP contribution in [0.3, 0.4) is 0 Å². The van der Waals surface area contributed by atoms with E-state index in [2.05, 4.69) is 10.3 Å². The van der Waals surface area contributed by atoms with Gasteiger partial charge >= 0.3 is 0 Å². The summed E-state index contributed by atoms with van der Waals surface area (Å²) in [5.74, 6) is 0.593. The molecule has 0 aliphatic carbocycles. The van der Waals surface area contributed by atoms with E-state index in [0.717, 1.165) is 5.69 Å². The van der Waals surface area contributed by atoms with E-state index in [4.69, 9.17) is 9.84 Å². The van der Waals surface area contributed by atoms with Crippen molar-refractivity contribution < 1.29 is 14.6 Å². The number of pyridine rings is 1. The number of carbonyl (C=O) groups is 1. The second-order valence-electron chi connectivity index (χ2n) is 6.70. The molecule has 5 heteroatoms. The Bertz CT molecular complexity index is 483. The van der Waals surface area contributed by atoms with Crippen LogP contribution in [0.1, 0.15) is 46.7 Å². The van der Waals surface area contributed by atoms with Gasteiger partial charge in [-0.3, -0.25) is 4.79 Å². The van der Waals surface area contributed by atoms with E-state index in [-0.39, 0.29) is 30.1 Å². The number of hydrogen-bond acceptors (Lipinski definition) is 4. The monoisotopic (exact) mass is 308 g/mol. The molecule has 0 aliphatic heterocycles. The summed E-state index contributed by atoms with van der Waals surface area (Å²) in [4.78, 5) is 16.3. The number of aliphatic hydroxyl groups is 1. The van der Waals surface area contributed by atoms with Gasteiger partial charge in [-0.1, -0.05) is 13.0 Å².